The Labute approximate surface area is 196 Å². The van der Waals surface area contributed by atoms with Crippen LogP contribution in [0, 0.1) is 0 Å². The van der Waals surface area contributed by atoms with E-state index in [1.54, 1.807) is 4.57 Å². The van der Waals surface area contributed by atoms with Crippen molar-refractivity contribution >= 4 is 23.1 Å². The highest BCUT2D eigenvalue weighted by atomic mass is 16.4. The molecule has 1 atom stereocenters. The molecule has 1 saturated heterocycles. The van der Waals surface area contributed by atoms with Crippen LogP contribution in [0.2, 0.25) is 0 Å². The maximum atomic E-state index is 13.1. The van der Waals surface area contributed by atoms with Gasteiger partial charge in [0, 0.05) is 26.2 Å². The lowest BCUT2D eigenvalue weighted by Crippen LogP contribution is -2.41. The summed E-state index contributed by atoms with van der Waals surface area (Å²) in [5, 5.41) is 9.43. The maximum Gasteiger partial charge on any atom is 0.407 e. The maximum absolute atomic E-state index is 13.1. The molecule has 4 aromatic rings. The Morgan fingerprint density at radius 3 is 2.29 bits per heavy atom. The van der Waals surface area contributed by atoms with E-state index in [2.05, 4.69) is 44.1 Å². The second-order valence-corrected chi connectivity index (χ2v) is 8.55. The van der Waals surface area contributed by atoms with E-state index in [-0.39, 0.29) is 18.3 Å². The van der Waals surface area contributed by atoms with Crippen molar-refractivity contribution in [3.63, 3.8) is 0 Å². The topological polar surface area (TPSA) is 107 Å². The molecule has 1 aliphatic rings. The Bertz CT molecular complexity index is 1290. The number of imidazole rings is 1. The van der Waals surface area contributed by atoms with Crippen LogP contribution in [-0.4, -0.2) is 48.7 Å². The Balaban J connectivity index is 1.56. The fraction of sp³-hybridized carbons (Fsp3) is 0.280. The zero-order valence-electron chi connectivity index (χ0n) is 18.7. The molecule has 0 radical (unpaired) electrons. The van der Waals surface area contributed by atoms with Crippen molar-refractivity contribution in [1.29, 1.82) is 0 Å². The number of nitrogens with zero attached hydrogens (tertiary/aromatic N) is 5. The molecule has 2 aromatic carbocycles. The van der Waals surface area contributed by atoms with Gasteiger partial charge < -0.3 is 19.9 Å². The van der Waals surface area contributed by atoms with E-state index in [0.29, 0.717) is 49.5 Å². The number of hydrogen-bond acceptors (Lipinski definition) is 5. The van der Waals surface area contributed by atoms with Crippen LogP contribution in [0.3, 0.4) is 0 Å². The van der Waals surface area contributed by atoms with Gasteiger partial charge in [0.1, 0.15) is 11.8 Å². The van der Waals surface area contributed by atoms with E-state index >= 15 is 0 Å². The number of carbonyl (C=O) groups is 1. The van der Waals surface area contributed by atoms with Gasteiger partial charge in [-0.1, -0.05) is 60.7 Å². The molecule has 0 bridgehead atoms. The number of H-pyrrole nitrogens is 1. The standard InChI is InChI=1S/C25H26N6O3/c32-24-28-21-22(26-17-27-23(21)31(24)20-12-7-13-29(16-20)25(33)34)30(14-18-8-3-1-4-9-18)15-19-10-5-2-6-11-19/h1-6,8-11,17,20H,7,12-16H2,(H,28,32)(H,33,34). The van der Waals surface area contributed by atoms with Gasteiger partial charge in [-0.25, -0.2) is 19.6 Å². The molecule has 2 N–H and O–H groups in total. The molecule has 2 aromatic heterocycles. The van der Waals surface area contributed by atoms with Crippen LogP contribution in [-0.2, 0) is 13.1 Å². The third kappa shape index (κ3) is 4.36. The Morgan fingerprint density at radius 1 is 1.03 bits per heavy atom. The summed E-state index contributed by atoms with van der Waals surface area (Å²) in [5.41, 5.74) is 3.01. The first-order valence-corrected chi connectivity index (χ1v) is 11.4. The number of hydrogen-bond donors (Lipinski definition) is 2. The molecule has 1 amide bonds. The Hall–Kier alpha value is -4.14. The number of benzene rings is 2. The first kappa shape index (κ1) is 21.7. The molecule has 0 saturated carbocycles. The van der Waals surface area contributed by atoms with Crippen LogP contribution >= 0.6 is 0 Å². The van der Waals surface area contributed by atoms with Gasteiger partial charge in [-0.3, -0.25) is 4.57 Å². The van der Waals surface area contributed by atoms with E-state index in [1.165, 1.54) is 11.2 Å². The minimum Gasteiger partial charge on any atom is -0.465 e. The van der Waals surface area contributed by atoms with Crippen molar-refractivity contribution in [2.75, 3.05) is 18.0 Å². The van der Waals surface area contributed by atoms with E-state index < -0.39 is 6.09 Å². The molecule has 1 aliphatic heterocycles. The summed E-state index contributed by atoms with van der Waals surface area (Å²) >= 11 is 0. The van der Waals surface area contributed by atoms with E-state index in [0.717, 1.165) is 11.1 Å². The molecule has 9 heteroatoms. The van der Waals surface area contributed by atoms with Crippen molar-refractivity contribution in [3.05, 3.63) is 88.6 Å². The minimum atomic E-state index is -0.968. The van der Waals surface area contributed by atoms with Crippen LogP contribution in [0.15, 0.2) is 71.8 Å². The highest BCUT2D eigenvalue weighted by molar-refractivity contribution is 5.83. The fourth-order valence-electron chi connectivity index (χ4n) is 4.66. The third-order valence-corrected chi connectivity index (χ3v) is 6.25. The summed E-state index contributed by atoms with van der Waals surface area (Å²) in [7, 11) is 0. The summed E-state index contributed by atoms with van der Waals surface area (Å²) in [5.74, 6) is 0.638. The van der Waals surface area contributed by atoms with Gasteiger partial charge in [0.2, 0.25) is 0 Å². The van der Waals surface area contributed by atoms with Gasteiger partial charge in [0.05, 0.1) is 6.04 Å². The molecule has 1 fully saturated rings. The number of anilines is 1. The predicted molar refractivity (Wildman–Crippen MR) is 129 cm³/mol. The normalized spacial score (nSPS) is 16.0. The van der Waals surface area contributed by atoms with Gasteiger partial charge in [-0.15, -0.1) is 0 Å². The smallest absolute Gasteiger partial charge is 0.407 e. The lowest BCUT2D eigenvalue weighted by Gasteiger charge is -2.31. The van der Waals surface area contributed by atoms with Crippen molar-refractivity contribution in [2.24, 2.45) is 0 Å². The zero-order valence-corrected chi connectivity index (χ0v) is 18.7. The molecule has 5 rings (SSSR count). The molecular formula is C25H26N6O3. The summed E-state index contributed by atoms with van der Waals surface area (Å²) in [6, 6.07) is 19.9. The Kier molecular flexibility index (Phi) is 5.99. The number of nitrogens with one attached hydrogen (secondary N) is 1. The highest BCUT2D eigenvalue weighted by Crippen LogP contribution is 2.28. The number of fused-ring (bicyclic) bond motifs is 1. The van der Waals surface area contributed by atoms with Crippen molar-refractivity contribution in [2.45, 2.75) is 32.0 Å². The summed E-state index contributed by atoms with van der Waals surface area (Å²) < 4.78 is 1.60. The predicted octanol–water partition coefficient (Wildman–Crippen LogP) is 3.64. The molecule has 3 heterocycles. The van der Waals surface area contributed by atoms with Gasteiger partial charge in [0.25, 0.3) is 0 Å². The van der Waals surface area contributed by atoms with Gasteiger partial charge in [-0.2, -0.15) is 0 Å². The van der Waals surface area contributed by atoms with Crippen LogP contribution in [0.5, 0.6) is 0 Å². The number of likely N-dealkylation sites (tertiary alicyclic amines) is 1. The number of aromatic nitrogens is 4. The number of aromatic amines is 1. The van der Waals surface area contributed by atoms with Gasteiger partial charge in [-0.05, 0) is 24.0 Å². The zero-order chi connectivity index (χ0) is 23.5. The largest absolute Gasteiger partial charge is 0.465 e. The minimum absolute atomic E-state index is 0.263. The SMILES string of the molecule is O=C(O)N1CCCC(n2c(=O)[nH]c3c(N(Cc4ccccc4)Cc4ccccc4)ncnc32)C1. The van der Waals surface area contributed by atoms with Crippen molar-refractivity contribution < 1.29 is 9.90 Å². The van der Waals surface area contributed by atoms with Crippen molar-refractivity contribution in [1.82, 2.24) is 24.4 Å². The van der Waals surface area contributed by atoms with Crippen LogP contribution in [0.1, 0.15) is 30.0 Å². The van der Waals surface area contributed by atoms with Crippen LogP contribution < -0.4 is 10.6 Å². The highest BCUT2D eigenvalue weighted by Gasteiger charge is 2.28. The lowest BCUT2D eigenvalue weighted by molar-refractivity contribution is 0.121. The molecule has 0 spiro atoms. The second kappa shape index (κ2) is 9.38. The molecule has 0 aliphatic carbocycles. The van der Waals surface area contributed by atoms with Crippen LogP contribution in [0.4, 0.5) is 10.6 Å². The van der Waals surface area contributed by atoms with E-state index in [4.69, 9.17) is 0 Å². The van der Waals surface area contributed by atoms with E-state index in [9.17, 15) is 14.7 Å². The summed E-state index contributed by atoms with van der Waals surface area (Å²) in [6.07, 6.45) is 1.92. The van der Waals surface area contributed by atoms with Gasteiger partial charge in [0.15, 0.2) is 11.5 Å². The molecule has 1 unspecified atom stereocenters. The summed E-state index contributed by atoms with van der Waals surface area (Å²) in [4.78, 5) is 40.0. The third-order valence-electron chi connectivity index (χ3n) is 6.25. The average Bonchev–Trinajstić information content (AvgIpc) is 3.21. The monoisotopic (exact) mass is 458 g/mol. The average molecular weight is 459 g/mol. The molecule has 34 heavy (non-hydrogen) atoms. The number of amides is 1. The first-order valence-electron chi connectivity index (χ1n) is 11.4. The number of rotatable bonds is 6. The molecule has 174 valence electrons. The lowest BCUT2D eigenvalue weighted by atomic mass is 10.1. The second-order valence-electron chi connectivity index (χ2n) is 8.55. The molecule has 9 nitrogen and oxygen atoms in total. The number of piperidine rings is 1. The first-order chi connectivity index (χ1) is 16.6. The quantitative estimate of drug-likeness (QED) is 0.457. The van der Waals surface area contributed by atoms with Gasteiger partial charge >= 0.3 is 11.8 Å². The van der Waals surface area contributed by atoms with Crippen LogP contribution in [0.25, 0.3) is 11.2 Å². The van der Waals surface area contributed by atoms with E-state index in [1.807, 2.05) is 36.4 Å². The van der Waals surface area contributed by atoms with Crippen molar-refractivity contribution in [3.8, 4) is 0 Å². The number of carboxylic acid groups (broad SMARTS) is 1. The Morgan fingerprint density at radius 2 is 1.68 bits per heavy atom. The fourth-order valence-corrected chi connectivity index (χ4v) is 4.66. The molecular weight excluding hydrogens is 432 g/mol. The summed E-state index contributed by atoms with van der Waals surface area (Å²) in [6.45, 7) is 1.95.